The summed E-state index contributed by atoms with van der Waals surface area (Å²) in [7, 11) is 0. The average Bonchev–Trinajstić information content (AvgIpc) is 3.11. The molecule has 2 N–H and O–H groups in total. The van der Waals surface area contributed by atoms with Gasteiger partial charge in [-0.2, -0.15) is 0 Å². The van der Waals surface area contributed by atoms with Crippen LogP contribution in [0.4, 0.5) is 10.1 Å². The summed E-state index contributed by atoms with van der Waals surface area (Å²) >= 11 is 1.27. The van der Waals surface area contributed by atoms with Gasteiger partial charge in [-0.25, -0.2) is 9.37 Å². The number of nitrogens with zero attached hydrogens (tertiary/aromatic N) is 2. The largest absolute Gasteiger partial charge is 0.494 e. The number of imidazole rings is 1. The molecule has 0 spiro atoms. The van der Waals surface area contributed by atoms with E-state index in [-0.39, 0.29) is 24.1 Å². The van der Waals surface area contributed by atoms with Crippen LogP contribution < -0.4 is 10.1 Å². The lowest BCUT2D eigenvalue weighted by molar-refractivity contribution is -0.113. The number of carbonyl (C=O) groups is 1. The molecule has 8 heteroatoms. The van der Waals surface area contributed by atoms with Crippen molar-refractivity contribution in [3.63, 3.8) is 0 Å². The number of benzene rings is 2. The van der Waals surface area contributed by atoms with Gasteiger partial charge in [-0.05, 0) is 48.9 Å². The van der Waals surface area contributed by atoms with Gasteiger partial charge in [0.25, 0.3) is 0 Å². The number of nitrogens with one attached hydrogen (secondary N) is 1. The Kier molecular flexibility index (Phi) is 7.26. The normalized spacial score (nSPS) is 10.7. The summed E-state index contributed by atoms with van der Waals surface area (Å²) in [5.41, 5.74) is 2.19. The summed E-state index contributed by atoms with van der Waals surface area (Å²) < 4.78 is 20.3. The summed E-state index contributed by atoms with van der Waals surface area (Å²) in [4.78, 5) is 16.6. The minimum atomic E-state index is -0.303. The Hall–Kier alpha value is -2.84. The van der Waals surface area contributed by atoms with Crippen LogP contribution in [0.5, 0.6) is 5.75 Å². The Morgan fingerprint density at radius 2 is 1.93 bits per heavy atom. The van der Waals surface area contributed by atoms with Crippen LogP contribution in [0.2, 0.25) is 0 Å². The number of halogens is 1. The van der Waals surface area contributed by atoms with Gasteiger partial charge in [0.15, 0.2) is 5.16 Å². The van der Waals surface area contributed by atoms with E-state index in [0.29, 0.717) is 29.7 Å². The first-order valence-electron chi connectivity index (χ1n) is 9.14. The molecule has 0 saturated heterocycles. The van der Waals surface area contributed by atoms with Gasteiger partial charge < -0.3 is 19.7 Å². The second-order valence-corrected chi connectivity index (χ2v) is 7.14. The minimum absolute atomic E-state index is 0.165. The third kappa shape index (κ3) is 5.82. The monoisotopic (exact) mass is 415 g/mol. The fourth-order valence-electron chi connectivity index (χ4n) is 2.70. The average molecular weight is 415 g/mol. The van der Waals surface area contributed by atoms with Crippen LogP contribution in [0.15, 0.2) is 59.9 Å². The zero-order valence-electron chi connectivity index (χ0n) is 16.0. The van der Waals surface area contributed by atoms with Gasteiger partial charge in [0.05, 0.1) is 30.9 Å². The van der Waals surface area contributed by atoms with Crippen molar-refractivity contribution < 1.29 is 19.0 Å². The van der Waals surface area contributed by atoms with Crippen molar-refractivity contribution >= 4 is 23.4 Å². The molecule has 0 aliphatic rings. The first-order valence-corrected chi connectivity index (χ1v) is 10.1. The highest BCUT2D eigenvalue weighted by Crippen LogP contribution is 2.22. The number of ether oxygens (including phenoxy) is 1. The number of aliphatic hydroxyl groups excluding tert-OH is 1. The molecule has 6 nitrogen and oxygen atoms in total. The smallest absolute Gasteiger partial charge is 0.234 e. The molecular formula is C21H22FN3O3S. The van der Waals surface area contributed by atoms with Crippen LogP contribution in [0.3, 0.4) is 0 Å². The van der Waals surface area contributed by atoms with Crippen LogP contribution in [0, 0.1) is 5.82 Å². The van der Waals surface area contributed by atoms with Gasteiger partial charge in [-0.3, -0.25) is 4.79 Å². The van der Waals surface area contributed by atoms with E-state index < -0.39 is 0 Å². The summed E-state index contributed by atoms with van der Waals surface area (Å²) in [6.07, 6.45) is 1.58. The third-order valence-corrected chi connectivity index (χ3v) is 5.09. The predicted molar refractivity (Wildman–Crippen MR) is 111 cm³/mol. The number of amides is 1. The number of hydrogen-bond donors (Lipinski definition) is 2. The lowest BCUT2D eigenvalue weighted by Crippen LogP contribution is -2.15. The quantitative estimate of drug-likeness (QED) is 0.521. The first-order chi connectivity index (χ1) is 14.1. The minimum Gasteiger partial charge on any atom is -0.494 e. The fraction of sp³-hybridized carbons (Fsp3) is 0.238. The molecule has 29 heavy (non-hydrogen) atoms. The first kappa shape index (κ1) is 20.9. The van der Waals surface area contributed by atoms with Crippen molar-refractivity contribution in [2.45, 2.75) is 25.2 Å². The summed E-state index contributed by atoms with van der Waals surface area (Å²) in [5, 5.41) is 13.0. The molecule has 0 bridgehead atoms. The van der Waals surface area contributed by atoms with E-state index >= 15 is 0 Å². The number of anilines is 1. The van der Waals surface area contributed by atoms with E-state index in [1.54, 1.807) is 42.6 Å². The molecular weight excluding hydrogens is 393 g/mol. The molecule has 0 aliphatic carbocycles. The Morgan fingerprint density at radius 1 is 1.21 bits per heavy atom. The Morgan fingerprint density at radius 3 is 2.59 bits per heavy atom. The molecule has 0 aliphatic heterocycles. The highest BCUT2D eigenvalue weighted by atomic mass is 32.2. The molecule has 0 saturated carbocycles. The van der Waals surface area contributed by atoms with Gasteiger partial charge in [-0.1, -0.05) is 23.9 Å². The Bertz CT molecular complexity index is 943. The zero-order chi connectivity index (χ0) is 20.6. The van der Waals surface area contributed by atoms with Crippen LogP contribution in [-0.2, 0) is 17.9 Å². The molecule has 1 heterocycles. The van der Waals surface area contributed by atoms with Crippen LogP contribution in [0.1, 0.15) is 18.2 Å². The highest BCUT2D eigenvalue weighted by molar-refractivity contribution is 7.99. The number of aliphatic hydroxyl groups is 1. The lowest BCUT2D eigenvalue weighted by Gasteiger charge is -2.11. The maximum absolute atomic E-state index is 13.1. The van der Waals surface area contributed by atoms with E-state index in [0.717, 1.165) is 11.3 Å². The van der Waals surface area contributed by atoms with Crippen molar-refractivity contribution in [1.29, 1.82) is 0 Å². The van der Waals surface area contributed by atoms with Gasteiger partial charge >= 0.3 is 0 Å². The summed E-state index contributed by atoms with van der Waals surface area (Å²) in [5.74, 6) is 0.445. The van der Waals surface area contributed by atoms with E-state index in [2.05, 4.69) is 10.3 Å². The molecule has 0 radical (unpaired) electrons. The molecule has 2 aromatic carbocycles. The molecule has 0 unspecified atom stereocenters. The Labute approximate surface area is 172 Å². The fourth-order valence-corrected chi connectivity index (χ4v) is 3.50. The maximum Gasteiger partial charge on any atom is 0.234 e. The van der Waals surface area contributed by atoms with Crippen LogP contribution in [0.25, 0.3) is 0 Å². The number of aromatic nitrogens is 2. The summed E-state index contributed by atoms with van der Waals surface area (Å²) in [6.45, 7) is 2.75. The van der Waals surface area contributed by atoms with Gasteiger partial charge in [-0.15, -0.1) is 0 Å². The second-order valence-electron chi connectivity index (χ2n) is 6.20. The Balaban J connectivity index is 1.61. The van der Waals surface area contributed by atoms with Crippen LogP contribution in [-0.4, -0.2) is 32.9 Å². The number of hydrogen-bond acceptors (Lipinski definition) is 5. The summed E-state index contributed by atoms with van der Waals surface area (Å²) in [6, 6.07) is 13.3. The van der Waals surface area contributed by atoms with E-state index in [1.165, 1.54) is 23.9 Å². The third-order valence-electron chi connectivity index (χ3n) is 4.10. The molecule has 1 aromatic heterocycles. The second kappa shape index (κ2) is 10.1. The van der Waals surface area contributed by atoms with Gasteiger partial charge in [0.1, 0.15) is 11.6 Å². The van der Waals surface area contributed by atoms with E-state index in [4.69, 9.17) is 4.74 Å². The number of thioether (sulfide) groups is 1. The van der Waals surface area contributed by atoms with Crippen LogP contribution >= 0.6 is 11.8 Å². The standard InChI is InChI=1S/C21H22FN3O3S/c1-2-28-19-9-7-17(8-10-19)24-20(27)14-29-21-23-11-18(13-26)25(21)12-15-3-5-16(22)6-4-15/h3-11,26H,2,12-14H2,1H3,(H,24,27). The maximum atomic E-state index is 13.1. The zero-order valence-corrected chi connectivity index (χ0v) is 16.8. The van der Waals surface area contributed by atoms with Gasteiger partial charge in [0.2, 0.25) is 5.91 Å². The molecule has 3 aromatic rings. The topological polar surface area (TPSA) is 76.4 Å². The molecule has 0 fully saturated rings. The van der Waals surface area contributed by atoms with Gasteiger partial charge in [0, 0.05) is 12.2 Å². The predicted octanol–water partition coefficient (Wildman–Crippen LogP) is 3.69. The highest BCUT2D eigenvalue weighted by Gasteiger charge is 2.13. The molecule has 0 atom stereocenters. The molecule has 1 amide bonds. The molecule has 3 rings (SSSR count). The number of carbonyl (C=O) groups excluding carboxylic acids is 1. The van der Waals surface area contributed by atoms with Crippen molar-refractivity contribution in [2.75, 3.05) is 17.7 Å². The number of rotatable bonds is 9. The van der Waals surface area contributed by atoms with Crippen molar-refractivity contribution in [1.82, 2.24) is 9.55 Å². The lowest BCUT2D eigenvalue weighted by atomic mass is 10.2. The molecule has 152 valence electrons. The van der Waals surface area contributed by atoms with E-state index in [1.807, 2.05) is 11.5 Å². The van der Waals surface area contributed by atoms with E-state index in [9.17, 15) is 14.3 Å². The SMILES string of the molecule is CCOc1ccc(NC(=O)CSc2ncc(CO)n2Cc2ccc(F)cc2)cc1. The van der Waals surface area contributed by atoms with Crippen molar-refractivity contribution in [2.24, 2.45) is 0 Å². The van der Waals surface area contributed by atoms with Crippen molar-refractivity contribution in [3.8, 4) is 5.75 Å². The van der Waals surface area contributed by atoms with Crippen molar-refractivity contribution in [3.05, 3.63) is 71.8 Å².